The predicted octanol–water partition coefficient (Wildman–Crippen LogP) is 5.83. The quantitative estimate of drug-likeness (QED) is 0.404. The van der Waals surface area contributed by atoms with E-state index in [9.17, 15) is 4.79 Å². The molecule has 34 heavy (non-hydrogen) atoms. The molecule has 0 saturated carbocycles. The lowest BCUT2D eigenvalue weighted by atomic mass is 10.1. The fourth-order valence-electron chi connectivity index (χ4n) is 3.55. The number of methoxy groups -OCH3 is 3. The molecule has 4 rings (SSSR count). The number of thioether (sulfide) groups is 1. The second-order valence-corrected chi connectivity index (χ2v) is 8.65. The Kier molecular flexibility index (Phi) is 7.23. The first-order chi connectivity index (χ1) is 16.5. The molecule has 0 N–H and O–H groups in total. The molecule has 0 unspecified atom stereocenters. The molecule has 1 aliphatic rings. The third-order valence-corrected chi connectivity index (χ3v) is 6.43. The number of hydrogen-bond acceptors (Lipinski definition) is 6. The maximum absolute atomic E-state index is 13.5. The molecule has 1 aliphatic heterocycles. The molecular formula is C27H26N2O4S. The van der Waals surface area contributed by atoms with Crippen LogP contribution in [-0.2, 0) is 11.3 Å². The van der Waals surface area contributed by atoms with Crippen molar-refractivity contribution in [3.8, 4) is 17.2 Å². The average Bonchev–Trinajstić information content (AvgIpc) is 3.14. The fraction of sp³-hybridized carbons (Fsp3) is 0.185. The minimum absolute atomic E-state index is 0.0929. The molecule has 1 saturated heterocycles. The van der Waals surface area contributed by atoms with E-state index in [1.54, 1.807) is 26.2 Å². The number of aliphatic imine (C=N–C) groups is 1. The molecule has 0 spiro atoms. The van der Waals surface area contributed by atoms with Gasteiger partial charge in [-0.3, -0.25) is 9.69 Å². The van der Waals surface area contributed by atoms with Gasteiger partial charge >= 0.3 is 0 Å². The molecular weight excluding hydrogens is 448 g/mol. The van der Waals surface area contributed by atoms with Gasteiger partial charge in [0.1, 0.15) is 5.75 Å². The number of rotatable bonds is 7. The highest BCUT2D eigenvalue weighted by Crippen LogP contribution is 2.37. The Morgan fingerprint density at radius 2 is 1.59 bits per heavy atom. The number of amides is 1. The molecule has 0 aromatic heterocycles. The first-order valence-electron chi connectivity index (χ1n) is 10.7. The number of carbonyl (C=O) groups excluding carboxylic acids is 1. The van der Waals surface area contributed by atoms with E-state index in [0.29, 0.717) is 28.1 Å². The monoisotopic (exact) mass is 474 g/mol. The molecule has 0 bridgehead atoms. The lowest BCUT2D eigenvalue weighted by Gasteiger charge is -2.16. The number of hydrogen-bond donors (Lipinski definition) is 0. The van der Waals surface area contributed by atoms with Gasteiger partial charge in [-0.1, -0.05) is 30.3 Å². The Morgan fingerprint density at radius 3 is 2.24 bits per heavy atom. The summed E-state index contributed by atoms with van der Waals surface area (Å²) in [5.74, 6) is 1.95. The molecule has 3 aromatic rings. The van der Waals surface area contributed by atoms with E-state index >= 15 is 0 Å². The van der Waals surface area contributed by atoms with Gasteiger partial charge in [-0.05, 0) is 77.9 Å². The van der Waals surface area contributed by atoms with Gasteiger partial charge < -0.3 is 14.2 Å². The van der Waals surface area contributed by atoms with Gasteiger partial charge in [0.25, 0.3) is 5.91 Å². The van der Waals surface area contributed by atoms with Crippen LogP contribution in [0.25, 0.3) is 6.08 Å². The summed E-state index contributed by atoms with van der Waals surface area (Å²) in [6.07, 6.45) is 1.89. The summed E-state index contributed by atoms with van der Waals surface area (Å²) < 4.78 is 16.1. The molecule has 3 aromatic carbocycles. The lowest BCUT2D eigenvalue weighted by molar-refractivity contribution is -0.122. The number of aryl methyl sites for hydroxylation is 1. The number of benzene rings is 3. The van der Waals surface area contributed by atoms with Crippen molar-refractivity contribution in [1.82, 2.24) is 4.90 Å². The van der Waals surface area contributed by atoms with Crippen LogP contribution in [0.1, 0.15) is 16.7 Å². The number of ether oxygens (including phenoxy) is 3. The molecule has 7 heteroatoms. The summed E-state index contributed by atoms with van der Waals surface area (Å²) >= 11 is 1.37. The van der Waals surface area contributed by atoms with Gasteiger partial charge in [0, 0.05) is 0 Å². The van der Waals surface area contributed by atoms with Crippen LogP contribution in [0.2, 0.25) is 0 Å². The number of nitrogens with zero attached hydrogens (tertiary/aromatic N) is 2. The van der Waals surface area contributed by atoms with Gasteiger partial charge in [0.2, 0.25) is 0 Å². The van der Waals surface area contributed by atoms with Gasteiger partial charge in [0.15, 0.2) is 16.7 Å². The Morgan fingerprint density at radius 1 is 0.912 bits per heavy atom. The third kappa shape index (κ3) is 5.10. The van der Waals surface area contributed by atoms with E-state index in [1.807, 2.05) is 79.7 Å². The van der Waals surface area contributed by atoms with Crippen molar-refractivity contribution in [2.45, 2.75) is 13.5 Å². The SMILES string of the molecule is COc1ccc(CN2C(=O)/C(=C/c3cc(OC)c(OC)cc3C)SC2=Nc2ccccc2)cc1. The first kappa shape index (κ1) is 23.4. The second-order valence-electron chi connectivity index (χ2n) is 7.64. The van der Waals surface area contributed by atoms with Crippen molar-refractivity contribution in [3.63, 3.8) is 0 Å². The van der Waals surface area contributed by atoms with Crippen molar-refractivity contribution in [3.05, 3.63) is 88.3 Å². The van der Waals surface area contributed by atoms with Gasteiger partial charge in [-0.15, -0.1) is 0 Å². The maximum Gasteiger partial charge on any atom is 0.267 e. The van der Waals surface area contributed by atoms with Crippen LogP contribution in [0.3, 0.4) is 0 Å². The van der Waals surface area contributed by atoms with Crippen LogP contribution < -0.4 is 14.2 Å². The van der Waals surface area contributed by atoms with Crippen LogP contribution in [0.5, 0.6) is 17.2 Å². The minimum Gasteiger partial charge on any atom is -0.497 e. The summed E-state index contributed by atoms with van der Waals surface area (Å²) in [5.41, 5.74) is 3.65. The largest absolute Gasteiger partial charge is 0.497 e. The molecule has 1 amide bonds. The zero-order chi connectivity index (χ0) is 24.1. The molecule has 174 valence electrons. The molecule has 1 heterocycles. The van der Waals surface area contributed by atoms with Gasteiger partial charge in [-0.2, -0.15) is 0 Å². The van der Waals surface area contributed by atoms with Gasteiger partial charge in [0.05, 0.1) is 38.5 Å². The van der Waals surface area contributed by atoms with Crippen LogP contribution in [-0.4, -0.2) is 37.3 Å². The third-order valence-electron chi connectivity index (χ3n) is 5.43. The fourth-order valence-corrected chi connectivity index (χ4v) is 4.54. The Balaban J connectivity index is 1.71. The normalized spacial score (nSPS) is 15.8. The summed E-state index contributed by atoms with van der Waals surface area (Å²) in [6, 6.07) is 21.1. The highest BCUT2D eigenvalue weighted by atomic mass is 32.2. The Labute approximate surface area is 203 Å². The highest BCUT2D eigenvalue weighted by Gasteiger charge is 2.33. The van der Waals surface area contributed by atoms with Crippen molar-refractivity contribution in [2.24, 2.45) is 4.99 Å². The summed E-state index contributed by atoms with van der Waals surface area (Å²) in [4.78, 5) is 20.6. The Bertz CT molecular complexity index is 1240. The van der Waals surface area contributed by atoms with Crippen LogP contribution in [0.4, 0.5) is 5.69 Å². The summed E-state index contributed by atoms with van der Waals surface area (Å²) in [7, 11) is 4.84. The Hall–Kier alpha value is -3.71. The van der Waals surface area contributed by atoms with E-state index in [-0.39, 0.29) is 5.91 Å². The summed E-state index contributed by atoms with van der Waals surface area (Å²) in [6.45, 7) is 2.39. The van der Waals surface area contributed by atoms with E-state index in [4.69, 9.17) is 19.2 Å². The van der Waals surface area contributed by atoms with Crippen LogP contribution >= 0.6 is 11.8 Å². The van der Waals surface area contributed by atoms with Crippen molar-refractivity contribution in [2.75, 3.05) is 21.3 Å². The summed E-state index contributed by atoms with van der Waals surface area (Å²) in [5, 5.41) is 0.636. The lowest BCUT2D eigenvalue weighted by Crippen LogP contribution is -2.28. The van der Waals surface area contributed by atoms with Crippen LogP contribution in [0.15, 0.2) is 76.6 Å². The molecule has 0 atom stereocenters. The topological polar surface area (TPSA) is 60.4 Å². The van der Waals surface area contributed by atoms with Crippen molar-refractivity contribution in [1.29, 1.82) is 0 Å². The van der Waals surface area contributed by atoms with Gasteiger partial charge in [-0.25, -0.2) is 4.99 Å². The highest BCUT2D eigenvalue weighted by molar-refractivity contribution is 8.18. The number of para-hydroxylation sites is 1. The smallest absolute Gasteiger partial charge is 0.267 e. The molecule has 0 radical (unpaired) electrons. The van der Waals surface area contributed by atoms with Crippen molar-refractivity contribution < 1.29 is 19.0 Å². The number of carbonyl (C=O) groups is 1. The van der Waals surface area contributed by atoms with E-state index in [2.05, 4.69) is 0 Å². The van der Waals surface area contributed by atoms with E-state index < -0.39 is 0 Å². The second kappa shape index (κ2) is 10.5. The van der Waals surface area contributed by atoms with E-state index in [1.165, 1.54) is 11.8 Å². The average molecular weight is 475 g/mol. The molecule has 6 nitrogen and oxygen atoms in total. The molecule has 0 aliphatic carbocycles. The van der Waals surface area contributed by atoms with Crippen LogP contribution in [0, 0.1) is 6.92 Å². The number of amidine groups is 1. The zero-order valence-corrected chi connectivity index (χ0v) is 20.4. The predicted molar refractivity (Wildman–Crippen MR) is 137 cm³/mol. The van der Waals surface area contributed by atoms with E-state index in [0.717, 1.165) is 28.1 Å². The first-order valence-corrected chi connectivity index (χ1v) is 11.5. The minimum atomic E-state index is -0.0929. The molecule has 1 fully saturated rings. The van der Waals surface area contributed by atoms with Crippen molar-refractivity contribution >= 4 is 34.6 Å². The standard InChI is InChI=1S/C27H26N2O4S/c1-18-14-23(32-3)24(33-4)15-20(18)16-25-26(30)29(17-19-10-12-22(31-2)13-11-19)27(34-25)28-21-8-6-5-7-9-21/h5-16H,17H2,1-4H3/b25-16-,28-27?. The maximum atomic E-state index is 13.5. The zero-order valence-electron chi connectivity index (χ0n) is 19.6.